The predicted octanol–water partition coefficient (Wildman–Crippen LogP) is -2.59. The summed E-state index contributed by atoms with van der Waals surface area (Å²) in [5, 5.41) is 16.7. The van der Waals surface area contributed by atoms with Gasteiger partial charge in [-0.15, -0.1) is 0 Å². The summed E-state index contributed by atoms with van der Waals surface area (Å²) < 4.78 is 8.88. The Morgan fingerprint density at radius 3 is 1.88 bits per heavy atom. The zero-order chi connectivity index (χ0) is 12.5. The Bertz CT molecular complexity index is 220. The molecule has 0 radical (unpaired) electrons. The molecule has 1 atom stereocenters. The van der Waals surface area contributed by atoms with Crippen LogP contribution in [-0.4, -0.2) is 124 Å². The molecule has 0 bridgehead atoms. The molecule has 0 aromatic heterocycles. The number of aliphatic carboxylic acids is 1. The normalized spacial score (nSPS) is 11.1. The second-order valence-corrected chi connectivity index (χ2v) is 4.33. The van der Waals surface area contributed by atoms with Crippen molar-refractivity contribution in [3.8, 4) is 0 Å². The standard InChI is InChI=1S/C5H11NO3S.2Ca.H3O4P.4H/c1-10-3-2-4(6-9)5(7)8;;;1-5(2,3)4;;;;/h4,6,9H,2-3H2,1H3,(H,7,8);;;(H3,1,2,3,4);;;;. The summed E-state index contributed by atoms with van der Waals surface area (Å²) in [5.74, 6) is -0.290. The first-order chi connectivity index (χ1) is 6.72. The van der Waals surface area contributed by atoms with Crippen LogP contribution in [0.25, 0.3) is 0 Å². The fourth-order valence-corrected chi connectivity index (χ4v) is 0.950. The van der Waals surface area contributed by atoms with Gasteiger partial charge in [0.1, 0.15) is 6.04 Å². The van der Waals surface area contributed by atoms with E-state index in [0.717, 1.165) is 5.75 Å². The average molecular weight is 347 g/mol. The Kier molecular flexibility index (Phi) is 26.7. The number of hydrogen-bond donors (Lipinski definition) is 6. The fourth-order valence-electron chi connectivity index (χ4n) is 0.479. The van der Waals surface area contributed by atoms with Crippen molar-refractivity contribution in [3.05, 3.63) is 0 Å². The van der Waals surface area contributed by atoms with Crippen molar-refractivity contribution in [1.82, 2.24) is 5.48 Å². The number of carboxylic acids is 1. The monoisotopic (exact) mass is 347 g/mol. The van der Waals surface area contributed by atoms with E-state index < -0.39 is 19.8 Å². The van der Waals surface area contributed by atoms with Gasteiger partial charge in [0, 0.05) is 0 Å². The average Bonchev–Trinajstić information content (AvgIpc) is 2.02. The van der Waals surface area contributed by atoms with Gasteiger partial charge in [-0.1, -0.05) is 0 Å². The molecule has 0 spiro atoms. The van der Waals surface area contributed by atoms with Crippen LogP contribution < -0.4 is 5.48 Å². The molecule has 8 nitrogen and oxygen atoms in total. The van der Waals surface area contributed by atoms with Gasteiger partial charge in [-0.25, -0.2) is 4.57 Å². The maximum absolute atomic E-state index is 10.2. The van der Waals surface area contributed by atoms with Crippen molar-refractivity contribution < 1.29 is 34.4 Å². The SMILES string of the molecule is CSCCC(NO)C(=O)O.O=P(O)(O)O.[CaH2].[CaH2]. The van der Waals surface area contributed by atoms with Gasteiger partial charge >= 0.3 is 89.3 Å². The van der Waals surface area contributed by atoms with Gasteiger partial charge in [-0.05, 0) is 18.4 Å². The summed E-state index contributed by atoms with van der Waals surface area (Å²) in [5.41, 5.74) is 1.72. The van der Waals surface area contributed by atoms with Crippen LogP contribution in [0.15, 0.2) is 0 Å². The number of thioether (sulfide) groups is 1. The first kappa shape index (κ1) is 27.7. The van der Waals surface area contributed by atoms with Gasteiger partial charge in [0.05, 0.1) is 0 Å². The van der Waals surface area contributed by atoms with E-state index in [4.69, 9.17) is 29.6 Å². The van der Waals surface area contributed by atoms with Crippen LogP contribution in [0.4, 0.5) is 0 Å². The first-order valence-corrected chi connectivity index (χ1v) is 6.58. The molecule has 17 heavy (non-hydrogen) atoms. The summed E-state index contributed by atoms with van der Waals surface area (Å²) in [6, 6.07) is -0.826. The number of phosphoric acid groups is 1. The van der Waals surface area contributed by atoms with Crippen LogP contribution in [0, 0.1) is 0 Å². The molecule has 0 heterocycles. The molecule has 1 unspecified atom stereocenters. The van der Waals surface area contributed by atoms with E-state index in [0.29, 0.717) is 6.42 Å². The van der Waals surface area contributed by atoms with Crippen LogP contribution in [0.5, 0.6) is 0 Å². The second kappa shape index (κ2) is 16.4. The Morgan fingerprint density at radius 2 is 1.71 bits per heavy atom. The molecule has 0 aliphatic heterocycles. The Hall–Kier alpha value is 2.37. The Morgan fingerprint density at radius 1 is 1.35 bits per heavy atom. The van der Waals surface area contributed by atoms with Crippen LogP contribution in [-0.2, 0) is 9.36 Å². The van der Waals surface area contributed by atoms with E-state index >= 15 is 0 Å². The maximum atomic E-state index is 10.2. The molecule has 0 fully saturated rings. The molecule has 0 aromatic carbocycles. The predicted molar refractivity (Wildman–Crippen MR) is 70.7 cm³/mol. The summed E-state index contributed by atoms with van der Waals surface area (Å²) in [7, 11) is -4.64. The van der Waals surface area contributed by atoms with Gasteiger partial charge in [-0.2, -0.15) is 17.2 Å². The zero-order valence-electron chi connectivity index (χ0n) is 7.90. The summed E-state index contributed by atoms with van der Waals surface area (Å²) in [6.07, 6.45) is 2.32. The van der Waals surface area contributed by atoms with Crippen LogP contribution in [0.2, 0.25) is 0 Å². The van der Waals surface area contributed by atoms with Gasteiger partial charge < -0.3 is 25.0 Å². The molecule has 6 N–H and O–H groups in total. The number of carbonyl (C=O) groups is 1. The third-order valence-corrected chi connectivity index (χ3v) is 1.71. The Balaban J connectivity index is -0.000000105. The molecule has 0 amide bonds. The Labute approximate surface area is 163 Å². The number of hydroxylamine groups is 1. The third-order valence-electron chi connectivity index (χ3n) is 1.06. The van der Waals surface area contributed by atoms with Crippen LogP contribution >= 0.6 is 19.6 Å². The number of carboxylic acid groups (broad SMARTS) is 1. The molecule has 0 aliphatic carbocycles. The minimum absolute atomic E-state index is 0. The molecule has 0 aliphatic rings. The molecule has 0 rings (SSSR count). The zero-order valence-corrected chi connectivity index (χ0v) is 9.61. The van der Waals surface area contributed by atoms with Crippen molar-refractivity contribution in [2.75, 3.05) is 12.0 Å². The molecule has 12 heteroatoms. The topological polar surface area (TPSA) is 147 Å². The van der Waals surface area contributed by atoms with E-state index in [1.807, 2.05) is 6.26 Å². The second-order valence-electron chi connectivity index (χ2n) is 2.31. The summed E-state index contributed by atoms with van der Waals surface area (Å²) in [6.45, 7) is 0. The van der Waals surface area contributed by atoms with Crippen LogP contribution in [0.1, 0.15) is 6.42 Å². The number of rotatable bonds is 5. The van der Waals surface area contributed by atoms with Gasteiger partial charge in [-0.3, -0.25) is 4.79 Å². The summed E-state index contributed by atoms with van der Waals surface area (Å²) >= 11 is 1.55. The van der Waals surface area contributed by atoms with E-state index in [2.05, 4.69) is 0 Å². The van der Waals surface area contributed by atoms with E-state index in [-0.39, 0.29) is 75.5 Å². The number of nitrogens with one attached hydrogen (secondary N) is 1. The van der Waals surface area contributed by atoms with Crippen molar-refractivity contribution in [2.45, 2.75) is 12.5 Å². The van der Waals surface area contributed by atoms with Crippen molar-refractivity contribution in [2.24, 2.45) is 0 Å². The van der Waals surface area contributed by atoms with Gasteiger partial charge in [0.15, 0.2) is 0 Å². The first-order valence-electron chi connectivity index (χ1n) is 3.62. The summed E-state index contributed by atoms with van der Waals surface area (Å²) in [4.78, 5) is 31.8. The molecular formula is C5H18Ca2NO7PS. The van der Waals surface area contributed by atoms with Gasteiger partial charge in [0.25, 0.3) is 0 Å². The van der Waals surface area contributed by atoms with E-state index in [1.54, 1.807) is 17.2 Å². The molecule has 0 aromatic rings. The molecule has 0 saturated heterocycles. The van der Waals surface area contributed by atoms with E-state index in [9.17, 15) is 4.79 Å². The third kappa shape index (κ3) is 32.2. The van der Waals surface area contributed by atoms with E-state index in [1.165, 1.54) is 0 Å². The van der Waals surface area contributed by atoms with Crippen LogP contribution in [0.3, 0.4) is 0 Å². The quantitative estimate of drug-likeness (QED) is 0.179. The molecular weight excluding hydrogens is 329 g/mol. The van der Waals surface area contributed by atoms with Gasteiger partial charge in [0.2, 0.25) is 0 Å². The van der Waals surface area contributed by atoms with Crippen molar-refractivity contribution >= 4 is 101 Å². The fraction of sp³-hybridized carbons (Fsp3) is 0.800. The minimum atomic E-state index is -4.64. The van der Waals surface area contributed by atoms with Crippen molar-refractivity contribution in [1.29, 1.82) is 0 Å². The molecule has 100 valence electrons. The number of hydrogen-bond acceptors (Lipinski definition) is 5. The van der Waals surface area contributed by atoms with Crippen molar-refractivity contribution in [3.63, 3.8) is 0 Å². The molecule has 0 saturated carbocycles.